The quantitative estimate of drug-likeness (QED) is 0.213. The number of rotatable bonds is 3. The van der Waals surface area contributed by atoms with Crippen LogP contribution in [-0.2, 0) is 0 Å². The summed E-state index contributed by atoms with van der Waals surface area (Å²) in [7, 11) is 0. The first-order valence-electron chi connectivity index (χ1n) is 14.9. The van der Waals surface area contributed by atoms with Crippen molar-refractivity contribution in [2.24, 2.45) is 0 Å². The molecule has 9 rings (SSSR count). The van der Waals surface area contributed by atoms with Crippen LogP contribution in [0, 0.1) is 0 Å². The van der Waals surface area contributed by atoms with Gasteiger partial charge in [-0.05, 0) is 83.9 Å². The van der Waals surface area contributed by atoms with Crippen LogP contribution in [0.3, 0.4) is 0 Å². The van der Waals surface area contributed by atoms with Crippen LogP contribution in [0.5, 0.6) is 0 Å². The zero-order valence-corrected chi connectivity index (χ0v) is 23.5. The second-order valence-electron chi connectivity index (χ2n) is 11.4. The molecule has 0 unspecified atom stereocenters. The van der Waals surface area contributed by atoms with Crippen molar-refractivity contribution in [3.8, 4) is 33.4 Å². The van der Waals surface area contributed by atoms with Crippen molar-refractivity contribution in [1.29, 1.82) is 0 Å². The van der Waals surface area contributed by atoms with E-state index in [2.05, 4.69) is 163 Å². The minimum absolute atomic E-state index is 1.16. The largest absolute Gasteiger partial charge is 0.354 e. The highest BCUT2D eigenvalue weighted by atomic mass is 14.7. The fourth-order valence-corrected chi connectivity index (χ4v) is 6.97. The minimum atomic E-state index is 1.16. The van der Waals surface area contributed by atoms with Crippen LogP contribution >= 0.6 is 0 Å². The SMILES string of the molecule is c1ccc2c(-c3ccc(-c4cccc5[nH]c6ccc(-c7cccc8ccc9ccccc9c78)cc6c45)cc3)cccc2c1. The van der Waals surface area contributed by atoms with Crippen molar-refractivity contribution in [3.63, 3.8) is 0 Å². The summed E-state index contributed by atoms with van der Waals surface area (Å²) in [5.41, 5.74) is 9.78. The standard InChI is InChI=1S/C42H27N/c1-3-12-33-27(8-1)10-5-14-34(33)29-18-20-30(21-19-29)36-16-7-17-40-42(36)38-26-32(24-25-39(38)43-40)37-15-6-11-31-23-22-28-9-2-4-13-35(28)41(31)37/h1-26,43H. The maximum absolute atomic E-state index is 3.69. The van der Waals surface area contributed by atoms with Gasteiger partial charge in [0.25, 0.3) is 0 Å². The van der Waals surface area contributed by atoms with Crippen molar-refractivity contribution < 1.29 is 0 Å². The molecule has 200 valence electrons. The number of H-pyrrole nitrogens is 1. The van der Waals surface area contributed by atoms with Gasteiger partial charge in [-0.1, -0.05) is 140 Å². The fourth-order valence-electron chi connectivity index (χ4n) is 6.97. The maximum Gasteiger partial charge on any atom is 0.0471 e. The van der Waals surface area contributed by atoms with E-state index < -0.39 is 0 Å². The Kier molecular flexibility index (Phi) is 5.27. The molecule has 0 spiro atoms. The van der Waals surface area contributed by atoms with E-state index in [1.165, 1.54) is 76.5 Å². The summed E-state index contributed by atoms with van der Waals surface area (Å²) in [5, 5.41) is 10.2. The van der Waals surface area contributed by atoms with Crippen LogP contribution < -0.4 is 0 Å². The lowest BCUT2D eigenvalue weighted by Crippen LogP contribution is -1.85. The third kappa shape index (κ3) is 3.79. The van der Waals surface area contributed by atoms with Crippen molar-refractivity contribution in [2.75, 3.05) is 0 Å². The summed E-state index contributed by atoms with van der Waals surface area (Å²) in [4.78, 5) is 3.69. The van der Waals surface area contributed by atoms with Crippen LogP contribution in [0.1, 0.15) is 0 Å². The van der Waals surface area contributed by atoms with E-state index in [1.54, 1.807) is 0 Å². The Morgan fingerprint density at radius 1 is 0.302 bits per heavy atom. The molecule has 1 heteroatoms. The summed E-state index contributed by atoms with van der Waals surface area (Å²) in [6.45, 7) is 0. The molecule has 0 radical (unpaired) electrons. The van der Waals surface area contributed by atoms with Gasteiger partial charge >= 0.3 is 0 Å². The molecule has 0 saturated carbocycles. The van der Waals surface area contributed by atoms with Gasteiger partial charge in [0.2, 0.25) is 0 Å². The molecule has 1 nitrogen and oxygen atoms in total. The van der Waals surface area contributed by atoms with E-state index in [0.29, 0.717) is 0 Å². The number of aromatic amines is 1. The molecule has 9 aromatic rings. The molecule has 0 amide bonds. The lowest BCUT2D eigenvalue weighted by Gasteiger charge is -2.11. The Bertz CT molecular complexity index is 2490. The number of hydrogen-bond donors (Lipinski definition) is 1. The van der Waals surface area contributed by atoms with Gasteiger partial charge in [-0.15, -0.1) is 0 Å². The fraction of sp³-hybridized carbons (Fsp3) is 0. The molecule has 43 heavy (non-hydrogen) atoms. The van der Waals surface area contributed by atoms with E-state index in [1.807, 2.05) is 0 Å². The number of hydrogen-bond acceptors (Lipinski definition) is 0. The molecular weight excluding hydrogens is 518 g/mol. The van der Waals surface area contributed by atoms with E-state index >= 15 is 0 Å². The molecule has 0 fully saturated rings. The normalized spacial score (nSPS) is 11.7. The first-order valence-corrected chi connectivity index (χ1v) is 14.9. The van der Waals surface area contributed by atoms with Gasteiger partial charge < -0.3 is 4.98 Å². The maximum atomic E-state index is 3.69. The Morgan fingerprint density at radius 3 is 1.67 bits per heavy atom. The van der Waals surface area contributed by atoms with Crippen LogP contribution in [-0.4, -0.2) is 4.98 Å². The van der Waals surface area contributed by atoms with Crippen molar-refractivity contribution in [3.05, 3.63) is 158 Å². The molecule has 1 aromatic heterocycles. The van der Waals surface area contributed by atoms with Gasteiger partial charge in [-0.25, -0.2) is 0 Å². The van der Waals surface area contributed by atoms with E-state index in [0.717, 1.165) is 11.0 Å². The van der Waals surface area contributed by atoms with Gasteiger partial charge in [0.05, 0.1) is 0 Å². The molecule has 8 aromatic carbocycles. The predicted octanol–water partition coefficient (Wildman–Crippen LogP) is 11.8. The van der Waals surface area contributed by atoms with Gasteiger partial charge in [0.1, 0.15) is 0 Å². The molecule has 1 N–H and O–H groups in total. The first-order chi connectivity index (χ1) is 21.3. The van der Waals surface area contributed by atoms with Crippen molar-refractivity contribution in [1.82, 2.24) is 4.98 Å². The number of aromatic nitrogens is 1. The minimum Gasteiger partial charge on any atom is -0.354 e. The number of nitrogens with one attached hydrogen (secondary N) is 1. The summed E-state index contributed by atoms with van der Waals surface area (Å²) in [5.74, 6) is 0. The smallest absolute Gasteiger partial charge is 0.0471 e. The van der Waals surface area contributed by atoms with Gasteiger partial charge in [0, 0.05) is 21.8 Å². The summed E-state index contributed by atoms with van der Waals surface area (Å²) in [6, 6.07) is 57.5. The summed E-state index contributed by atoms with van der Waals surface area (Å²) >= 11 is 0. The molecule has 0 aliphatic rings. The van der Waals surface area contributed by atoms with Gasteiger partial charge in [-0.3, -0.25) is 0 Å². The van der Waals surface area contributed by atoms with Crippen LogP contribution in [0.4, 0.5) is 0 Å². The summed E-state index contributed by atoms with van der Waals surface area (Å²) in [6.07, 6.45) is 0. The highest BCUT2D eigenvalue weighted by Crippen LogP contribution is 2.40. The second kappa shape index (κ2) is 9.44. The molecule has 0 bridgehead atoms. The Morgan fingerprint density at radius 2 is 0.860 bits per heavy atom. The van der Waals surface area contributed by atoms with Crippen LogP contribution in [0.15, 0.2) is 158 Å². The molecule has 0 aliphatic heterocycles. The molecule has 0 saturated heterocycles. The van der Waals surface area contributed by atoms with E-state index in [4.69, 9.17) is 0 Å². The average Bonchev–Trinajstić information content (AvgIpc) is 3.46. The number of benzene rings is 8. The molecule has 1 heterocycles. The van der Waals surface area contributed by atoms with E-state index in [-0.39, 0.29) is 0 Å². The van der Waals surface area contributed by atoms with Crippen LogP contribution in [0.25, 0.3) is 87.5 Å². The zero-order valence-electron chi connectivity index (χ0n) is 23.5. The Hall–Kier alpha value is -5.66. The third-order valence-electron chi connectivity index (χ3n) is 9.00. The topological polar surface area (TPSA) is 15.8 Å². The van der Waals surface area contributed by atoms with Crippen LogP contribution in [0.2, 0.25) is 0 Å². The monoisotopic (exact) mass is 545 g/mol. The first kappa shape index (κ1) is 24.0. The number of fused-ring (bicyclic) bond motifs is 7. The van der Waals surface area contributed by atoms with Crippen molar-refractivity contribution in [2.45, 2.75) is 0 Å². The second-order valence-corrected chi connectivity index (χ2v) is 11.4. The lowest BCUT2D eigenvalue weighted by atomic mass is 9.92. The Balaban J connectivity index is 1.21. The average molecular weight is 546 g/mol. The molecular formula is C42H27N. The summed E-state index contributed by atoms with van der Waals surface area (Å²) < 4.78 is 0. The van der Waals surface area contributed by atoms with Crippen molar-refractivity contribution >= 4 is 54.1 Å². The van der Waals surface area contributed by atoms with Gasteiger partial charge in [-0.2, -0.15) is 0 Å². The lowest BCUT2D eigenvalue weighted by molar-refractivity contribution is 1.54. The van der Waals surface area contributed by atoms with E-state index in [9.17, 15) is 0 Å². The Labute approximate surface area is 249 Å². The highest BCUT2D eigenvalue weighted by Gasteiger charge is 2.14. The van der Waals surface area contributed by atoms with Gasteiger partial charge in [0.15, 0.2) is 0 Å². The third-order valence-corrected chi connectivity index (χ3v) is 9.00. The zero-order chi connectivity index (χ0) is 28.3. The molecule has 0 atom stereocenters. The molecule has 0 aliphatic carbocycles. The predicted molar refractivity (Wildman–Crippen MR) is 185 cm³/mol. The highest BCUT2D eigenvalue weighted by molar-refractivity contribution is 6.18.